The molecule has 25 nitrogen and oxygen atoms in total. The van der Waals surface area contributed by atoms with Gasteiger partial charge in [0.1, 0.15) is 46.1 Å². The molecule has 736 valence electrons. The number of aromatic nitrogens is 4. The van der Waals surface area contributed by atoms with Gasteiger partial charge in [-0.05, 0) is 381 Å². The summed E-state index contributed by atoms with van der Waals surface area (Å²) in [7, 11) is 0. The zero-order valence-corrected chi connectivity index (χ0v) is 87.9. The van der Waals surface area contributed by atoms with Gasteiger partial charge < -0.3 is 49.6 Å². The number of ketones is 2. The predicted octanol–water partition coefficient (Wildman–Crippen LogP) is 24.9. The van der Waals surface area contributed by atoms with Crippen molar-refractivity contribution in [3.63, 3.8) is 0 Å². The number of halogens is 4. The Morgan fingerprint density at radius 1 is 0.363 bits per heavy atom. The molecule has 0 spiro atoms. The zero-order valence-electron chi connectivity index (χ0n) is 81.5. The number of imidazole rings is 2. The lowest BCUT2D eigenvalue weighted by Gasteiger charge is -2.53. The molecule has 6 aromatic rings. The maximum absolute atomic E-state index is 13.2. The minimum Gasteiger partial charge on any atom is -0.481 e. The topological polar surface area (TPSA) is 335 Å². The molecule has 4 aromatic carbocycles. The number of Topliss-reactive ketones (excluding diaryl/α,β-unsaturated/α-hetero) is 2. The number of H-pyrrole nitrogens is 2. The highest BCUT2D eigenvalue weighted by Gasteiger charge is 2.57. The first-order valence-electron chi connectivity index (χ1n) is 48.9. The average Bonchev–Trinajstić information content (AvgIpc) is 1.73. The van der Waals surface area contributed by atoms with Crippen molar-refractivity contribution in [2.45, 2.75) is 375 Å². The second-order valence-corrected chi connectivity index (χ2v) is 48.2. The van der Waals surface area contributed by atoms with E-state index in [0.29, 0.717) is 43.2 Å². The van der Waals surface area contributed by atoms with Crippen LogP contribution in [0.2, 0.25) is 0 Å². The minimum absolute atomic E-state index is 0. The molecule has 8 bridgehead atoms. The van der Waals surface area contributed by atoms with Crippen molar-refractivity contribution in [2.24, 2.45) is 10.8 Å². The number of nitrogens with zero attached hydrogens (tertiary/aromatic N) is 6. The van der Waals surface area contributed by atoms with E-state index in [1.54, 1.807) is 41.5 Å². The highest BCUT2D eigenvalue weighted by Crippen LogP contribution is 2.63. The van der Waals surface area contributed by atoms with Crippen LogP contribution in [0.15, 0.2) is 127 Å². The fourth-order valence-electron chi connectivity index (χ4n) is 24.0. The summed E-state index contributed by atoms with van der Waals surface area (Å²) in [6, 6.07) is 33.6. The lowest BCUT2D eigenvalue weighted by atomic mass is 9.51. The van der Waals surface area contributed by atoms with Crippen LogP contribution in [-0.4, -0.2) is 172 Å². The number of carboxylic acids is 1. The average molecular weight is 2120 g/mol. The third kappa shape index (κ3) is 24.0. The summed E-state index contributed by atoms with van der Waals surface area (Å²) in [5.41, 5.74) is 6.65. The molecule has 0 radical (unpaired) electrons. The summed E-state index contributed by atoms with van der Waals surface area (Å²) in [5.74, 6) is 0.0688. The Balaban J connectivity index is 0.000000150. The Morgan fingerprint density at radius 2 is 0.622 bits per heavy atom. The van der Waals surface area contributed by atoms with E-state index in [2.05, 4.69) is 177 Å². The summed E-state index contributed by atoms with van der Waals surface area (Å²) in [4.78, 5) is 135. The van der Waals surface area contributed by atoms with Crippen LogP contribution in [0.1, 0.15) is 353 Å². The standard InChI is InChI=1S/2C26H34BrN3O2.2C26H34BrNO5.C2H4O2.H3N/c1-24(2,3)32-23(31)30-15-5-8-20(30)22-28-17-21(29-22)26-12-9-25(10-13-26,11-14-26)18-6-4-7-19(27)16-18;1-24(2,3)32-23(31)30-16-4-5-20(30)22-28-17-21(29-22)26-13-10-25(11-14-26,12-15-26)18-6-8-19(27)9-7-18;1-24(2,3)33-23(31)28-15-5-8-20(28)22(30)32-17-21(29)26-12-9-25(10-13-26,11-14-26)18-6-4-7-19(27)16-18;1-24(2,3)33-23(31)28-16-4-5-20(28)22(30)32-17-21(29)26-13-10-25(11-14-26,12-15-26)18-6-8-19(27)9-7-18;1-2(3)4;/h4,6-7,16-17,20H,5,8-15H2,1-3H3,(H,28,29);6-9,17,20H,4-5,10-16H2,1-3H3,(H,28,29);4,6-7,16,20H,5,8-15,17H2,1-3H3;6-9,20H,4-5,10-17H2,1-3H3;1H3,(H,3,4);1H3/t4*20-,25?,26?;;/m0000../s1. The number of fused-ring (bicyclic) bond motifs is 12. The first-order chi connectivity index (χ1) is 63.2. The van der Waals surface area contributed by atoms with Gasteiger partial charge in [0, 0.05) is 96.4 Å². The molecule has 6 heterocycles. The lowest BCUT2D eigenvalue weighted by molar-refractivity contribution is -0.157. The molecule has 16 fully saturated rings. The number of carbonyl (C=O) groups excluding carboxylic acids is 8. The van der Waals surface area contributed by atoms with Gasteiger partial charge in [0.25, 0.3) is 5.97 Å². The van der Waals surface area contributed by atoms with Crippen LogP contribution in [0.3, 0.4) is 0 Å². The number of carbonyl (C=O) groups is 9. The number of benzene rings is 4. The van der Waals surface area contributed by atoms with Crippen molar-refractivity contribution in [2.75, 3.05) is 39.4 Å². The fraction of sp³-hybridized carbons (Fsp3) is 0.632. The van der Waals surface area contributed by atoms with E-state index in [4.69, 9.17) is 48.3 Å². The minimum atomic E-state index is -0.833. The summed E-state index contributed by atoms with van der Waals surface area (Å²) in [5, 5.41) is 7.42. The maximum Gasteiger partial charge on any atom is 0.411 e. The number of carboxylic acid groups (broad SMARTS) is 1. The highest BCUT2D eigenvalue weighted by atomic mass is 79.9. The summed E-state index contributed by atoms with van der Waals surface area (Å²) in [6.45, 7) is 25.3. The third-order valence-corrected chi connectivity index (χ3v) is 33.7. The smallest absolute Gasteiger partial charge is 0.411 e. The summed E-state index contributed by atoms with van der Waals surface area (Å²) >= 11 is 14.3. The lowest BCUT2D eigenvalue weighted by Crippen LogP contribution is -2.49. The number of nitrogens with one attached hydrogen (secondary N) is 2. The molecule has 4 saturated heterocycles. The van der Waals surface area contributed by atoms with Crippen LogP contribution in [-0.2, 0) is 84.9 Å². The number of aliphatic carboxylic acids is 1. The van der Waals surface area contributed by atoms with E-state index in [1.165, 1.54) is 125 Å². The van der Waals surface area contributed by atoms with Crippen LogP contribution < -0.4 is 6.15 Å². The van der Waals surface area contributed by atoms with E-state index in [-0.39, 0.29) is 87.7 Å². The second-order valence-electron chi connectivity index (χ2n) is 44.5. The first kappa shape index (κ1) is 104. The molecule has 0 unspecified atom stereocenters. The van der Waals surface area contributed by atoms with Gasteiger partial charge in [-0.15, -0.1) is 0 Å². The number of ether oxygens (including phenoxy) is 6. The molecule has 22 rings (SSSR count). The van der Waals surface area contributed by atoms with Gasteiger partial charge in [0.05, 0.1) is 12.1 Å². The molecule has 4 aliphatic heterocycles. The Labute approximate surface area is 831 Å². The Bertz CT molecular complexity index is 5130. The Morgan fingerprint density at radius 3 is 0.911 bits per heavy atom. The molecular weight excluding hydrogens is 1970 g/mol. The monoisotopic (exact) mass is 2110 g/mol. The van der Waals surface area contributed by atoms with Crippen molar-refractivity contribution in [1.82, 2.24) is 45.7 Å². The first-order valence-corrected chi connectivity index (χ1v) is 52.1. The van der Waals surface area contributed by atoms with E-state index in [9.17, 15) is 38.4 Å². The molecule has 16 aliphatic rings. The van der Waals surface area contributed by atoms with Crippen molar-refractivity contribution in [3.05, 3.63) is 173 Å². The molecular formula is C106H143Br4N9O16. The third-order valence-electron chi connectivity index (χ3n) is 31.7. The number of rotatable bonds is 16. The van der Waals surface area contributed by atoms with Crippen LogP contribution >= 0.6 is 63.7 Å². The Hall–Kier alpha value is -7.99. The zero-order chi connectivity index (χ0) is 96.4. The number of aromatic amines is 2. The van der Waals surface area contributed by atoms with Crippen molar-refractivity contribution in [1.29, 1.82) is 0 Å². The van der Waals surface area contributed by atoms with Crippen LogP contribution in [0.5, 0.6) is 0 Å². The molecule has 6 N–H and O–H groups in total. The maximum atomic E-state index is 13.2. The van der Waals surface area contributed by atoms with Crippen LogP contribution in [0.25, 0.3) is 0 Å². The summed E-state index contributed by atoms with van der Waals surface area (Å²) in [6.07, 6.45) is 34.5. The molecule has 2 aromatic heterocycles. The second kappa shape index (κ2) is 41.8. The van der Waals surface area contributed by atoms with E-state index >= 15 is 0 Å². The molecule has 4 atom stereocenters. The Kier molecular flexibility index (Phi) is 32.3. The normalized spacial score (nSPS) is 28.6. The largest absolute Gasteiger partial charge is 0.481 e. The highest BCUT2D eigenvalue weighted by molar-refractivity contribution is 9.11. The predicted molar refractivity (Wildman–Crippen MR) is 532 cm³/mol. The molecule has 12 aliphatic carbocycles. The molecule has 4 amide bonds. The van der Waals surface area contributed by atoms with Gasteiger partial charge in [0.2, 0.25) is 0 Å². The van der Waals surface area contributed by atoms with E-state index in [0.717, 1.165) is 154 Å². The van der Waals surface area contributed by atoms with Gasteiger partial charge in [0.15, 0.2) is 24.8 Å². The van der Waals surface area contributed by atoms with Gasteiger partial charge in [-0.25, -0.2) is 38.7 Å². The van der Waals surface area contributed by atoms with Crippen LogP contribution in [0.4, 0.5) is 19.2 Å². The quantitative estimate of drug-likeness (QED) is 0.0516. The number of amides is 4. The SMILES string of the molecule is CC(=O)O.CC(C)(C)OC(=O)N1CCC[C@H]1C(=O)OCC(=O)C12CCC(c3ccc(Br)cc3)(CC1)CC2.CC(C)(C)OC(=O)N1CCC[C@H]1C(=O)OCC(=O)C12CCC(c3cccc(Br)c3)(CC1)CC2.CC(C)(C)OC(=O)N1CCC[C@H]1c1ncc(C23CCC(c4ccc(Br)cc4)(CC2)CC3)[nH]1.CC(C)(C)OC(=O)N1CCC[C@H]1c1ncc(C23CCC(c4cccc(Br)c4)(CC2)CC3)[nH]1.N. The number of likely N-dealkylation sites (tertiary alicyclic amines) is 4. The van der Waals surface area contributed by atoms with Crippen LogP contribution in [0, 0.1) is 10.8 Å². The number of hydrogen-bond donors (Lipinski definition) is 4. The van der Waals surface area contributed by atoms with Gasteiger partial charge >= 0.3 is 36.3 Å². The van der Waals surface area contributed by atoms with E-state index in [1.807, 2.05) is 57.4 Å². The number of hydrogen-bond acceptors (Lipinski definition) is 18. The van der Waals surface area contributed by atoms with Crippen molar-refractivity contribution in [3.8, 4) is 0 Å². The molecule has 29 heteroatoms. The molecule has 12 saturated carbocycles. The van der Waals surface area contributed by atoms with Gasteiger partial charge in [-0.2, -0.15) is 0 Å². The fourth-order valence-corrected chi connectivity index (χ4v) is 25.3. The van der Waals surface area contributed by atoms with Gasteiger partial charge in [-0.1, -0.05) is 112 Å². The van der Waals surface area contributed by atoms with Gasteiger partial charge in [-0.3, -0.25) is 34.0 Å². The van der Waals surface area contributed by atoms with Crippen molar-refractivity contribution >= 4 is 118 Å². The van der Waals surface area contributed by atoms with E-state index < -0.39 is 64.6 Å². The molecule has 135 heavy (non-hydrogen) atoms. The van der Waals surface area contributed by atoms with Crippen molar-refractivity contribution < 1.29 is 76.7 Å². The summed E-state index contributed by atoms with van der Waals surface area (Å²) < 4.78 is 37.6. The number of esters is 2.